The van der Waals surface area contributed by atoms with Gasteiger partial charge in [-0.1, -0.05) is 55.4 Å². The number of hydrogen-bond acceptors (Lipinski definition) is 2. The Hall–Kier alpha value is -1.48. The Labute approximate surface area is 130 Å². The van der Waals surface area contributed by atoms with Gasteiger partial charge < -0.3 is 4.98 Å². The van der Waals surface area contributed by atoms with Gasteiger partial charge in [-0.3, -0.25) is 0 Å². The van der Waals surface area contributed by atoms with Crippen molar-refractivity contribution in [3.05, 3.63) is 57.6 Å². The van der Waals surface area contributed by atoms with E-state index in [9.17, 15) is 0 Å². The minimum Gasteiger partial charge on any atom is -0.346 e. The highest BCUT2D eigenvalue weighted by Crippen LogP contribution is 2.45. The number of nitrogens with zero attached hydrogens (tertiary/aromatic N) is 1. The van der Waals surface area contributed by atoms with Gasteiger partial charge in [0, 0.05) is 11.3 Å². The van der Waals surface area contributed by atoms with Gasteiger partial charge in [-0.15, -0.1) is 0 Å². The highest BCUT2D eigenvalue weighted by Gasteiger charge is 2.40. The van der Waals surface area contributed by atoms with Crippen LogP contribution in [0.3, 0.4) is 0 Å². The van der Waals surface area contributed by atoms with E-state index in [1.807, 2.05) is 0 Å². The van der Waals surface area contributed by atoms with E-state index in [4.69, 9.17) is 17.2 Å². The molecule has 21 heavy (non-hydrogen) atoms. The second kappa shape index (κ2) is 5.06. The lowest BCUT2D eigenvalue weighted by molar-refractivity contribution is 0.496. The van der Waals surface area contributed by atoms with E-state index < -0.39 is 0 Å². The molecule has 1 heterocycles. The summed E-state index contributed by atoms with van der Waals surface area (Å²) < 4.78 is 0.832. The van der Waals surface area contributed by atoms with Gasteiger partial charge >= 0.3 is 0 Å². The molecule has 2 aliphatic carbocycles. The third kappa shape index (κ3) is 2.06. The lowest BCUT2D eigenvalue weighted by atomic mass is 9.78. The van der Waals surface area contributed by atoms with Gasteiger partial charge in [-0.05, 0) is 37.7 Å². The van der Waals surface area contributed by atoms with Crippen molar-refractivity contribution < 1.29 is 0 Å². The molecular formula is C18H20N2S. The van der Waals surface area contributed by atoms with E-state index in [1.54, 1.807) is 0 Å². The number of H-pyrrole nitrogens is 1. The van der Waals surface area contributed by atoms with Gasteiger partial charge in [-0.2, -0.15) is 0 Å². The fraction of sp³-hybridized carbons (Fsp3) is 0.444. The van der Waals surface area contributed by atoms with Crippen molar-refractivity contribution in [3.8, 4) is 0 Å². The molecule has 0 saturated heterocycles. The Bertz CT molecular complexity index is 712. The summed E-state index contributed by atoms with van der Waals surface area (Å²) in [7, 11) is 0. The zero-order valence-corrected chi connectivity index (χ0v) is 13.0. The van der Waals surface area contributed by atoms with Crippen LogP contribution >= 0.6 is 12.2 Å². The molecule has 0 atom stereocenters. The molecule has 1 N–H and O–H groups in total. The summed E-state index contributed by atoms with van der Waals surface area (Å²) in [6, 6.07) is 10.9. The van der Waals surface area contributed by atoms with Crippen LogP contribution in [-0.2, 0) is 18.3 Å². The Balaban J connectivity index is 1.90. The van der Waals surface area contributed by atoms with E-state index in [1.165, 1.54) is 48.9 Å². The highest BCUT2D eigenvalue weighted by molar-refractivity contribution is 7.71. The van der Waals surface area contributed by atoms with Gasteiger partial charge in [0.2, 0.25) is 0 Å². The number of benzene rings is 1. The van der Waals surface area contributed by atoms with E-state index >= 15 is 0 Å². The Morgan fingerprint density at radius 1 is 1.00 bits per heavy atom. The van der Waals surface area contributed by atoms with Gasteiger partial charge in [0.1, 0.15) is 10.5 Å². The number of aryl methyl sites for hydroxylation is 1. The summed E-state index contributed by atoms with van der Waals surface area (Å²) in [5.74, 6) is 1.11. The second-order valence-corrected chi connectivity index (χ2v) is 6.74. The van der Waals surface area contributed by atoms with Gasteiger partial charge in [0.25, 0.3) is 0 Å². The van der Waals surface area contributed by atoms with Gasteiger partial charge in [0.05, 0.1) is 5.41 Å². The smallest absolute Gasteiger partial charge is 0.133 e. The number of fused-ring (bicyclic) bond motifs is 1. The lowest BCUT2D eigenvalue weighted by Crippen LogP contribution is -2.27. The molecule has 0 bridgehead atoms. The molecule has 2 aliphatic rings. The fourth-order valence-electron chi connectivity index (χ4n) is 4.08. The van der Waals surface area contributed by atoms with Crippen LogP contribution in [0.15, 0.2) is 30.3 Å². The van der Waals surface area contributed by atoms with Crippen molar-refractivity contribution >= 4 is 12.2 Å². The van der Waals surface area contributed by atoms with Crippen molar-refractivity contribution in [2.75, 3.05) is 0 Å². The maximum absolute atomic E-state index is 5.57. The van der Waals surface area contributed by atoms with E-state index in [-0.39, 0.29) is 5.41 Å². The average molecular weight is 296 g/mol. The predicted octanol–water partition coefficient (Wildman–Crippen LogP) is 4.49. The van der Waals surface area contributed by atoms with Crippen molar-refractivity contribution in [3.63, 3.8) is 0 Å². The summed E-state index contributed by atoms with van der Waals surface area (Å²) >= 11 is 5.57. The zero-order valence-electron chi connectivity index (χ0n) is 12.2. The van der Waals surface area contributed by atoms with Crippen molar-refractivity contribution in [1.82, 2.24) is 9.97 Å². The van der Waals surface area contributed by atoms with Gasteiger partial charge in [-0.25, -0.2) is 4.98 Å². The molecule has 0 radical (unpaired) electrons. The summed E-state index contributed by atoms with van der Waals surface area (Å²) in [6.45, 7) is 0. The molecule has 0 amide bonds. The Morgan fingerprint density at radius 2 is 1.76 bits per heavy atom. The molecule has 0 spiro atoms. The Kier molecular flexibility index (Phi) is 3.18. The number of nitrogens with one attached hydrogen (secondary N) is 1. The quantitative estimate of drug-likeness (QED) is 0.827. The molecule has 0 aliphatic heterocycles. The molecule has 1 aromatic heterocycles. The predicted molar refractivity (Wildman–Crippen MR) is 87.1 cm³/mol. The van der Waals surface area contributed by atoms with E-state index in [2.05, 4.69) is 35.3 Å². The summed E-state index contributed by atoms with van der Waals surface area (Å²) in [5, 5.41) is 0. The molecule has 1 aromatic carbocycles. The standard InChI is InChI=1S/C18H20N2S/c21-16-14-9-6-10-15(14)19-17(20-16)18(11-4-5-12-18)13-7-2-1-3-8-13/h1-3,7-8H,4-6,9-12H2,(H,19,20,21). The number of rotatable bonds is 2. The third-order valence-corrected chi connectivity index (χ3v) is 5.53. The van der Waals surface area contributed by atoms with Crippen LogP contribution in [0.5, 0.6) is 0 Å². The van der Waals surface area contributed by atoms with E-state index in [0.717, 1.165) is 23.3 Å². The van der Waals surface area contributed by atoms with Crippen LogP contribution in [0.2, 0.25) is 0 Å². The lowest BCUT2D eigenvalue weighted by Gasteiger charge is -2.29. The molecule has 1 saturated carbocycles. The largest absolute Gasteiger partial charge is 0.346 e. The first-order valence-corrected chi connectivity index (χ1v) is 8.38. The third-order valence-electron chi connectivity index (χ3n) is 5.20. The minimum atomic E-state index is 0.0481. The topological polar surface area (TPSA) is 28.7 Å². The molecule has 0 unspecified atom stereocenters. The molecule has 1 fully saturated rings. The minimum absolute atomic E-state index is 0.0481. The molecule has 108 valence electrons. The first-order chi connectivity index (χ1) is 10.3. The van der Waals surface area contributed by atoms with Crippen molar-refractivity contribution in [1.29, 1.82) is 0 Å². The maximum atomic E-state index is 5.57. The summed E-state index contributed by atoms with van der Waals surface area (Å²) in [5.41, 5.74) is 4.06. The highest BCUT2D eigenvalue weighted by atomic mass is 32.1. The second-order valence-electron chi connectivity index (χ2n) is 6.36. The SMILES string of the molecule is S=c1nc(C2(c3ccccc3)CCCC2)[nH]c2c1CCC2. The first kappa shape index (κ1) is 13.2. The van der Waals surface area contributed by atoms with Crippen molar-refractivity contribution in [2.24, 2.45) is 0 Å². The normalized spacial score (nSPS) is 19.6. The molecule has 2 nitrogen and oxygen atoms in total. The summed E-state index contributed by atoms with van der Waals surface area (Å²) in [4.78, 5) is 8.50. The number of aromatic nitrogens is 2. The Morgan fingerprint density at radius 3 is 2.52 bits per heavy atom. The summed E-state index contributed by atoms with van der Waals surface area (Å²) in [6.07, 6.45) is 8.32. The number of aromatic amines is 1. The van der Waals surface area contributed by atoms with Crippen LogP contribution in [0, 0.1) is 4.64 Å². The van der Waals surface area contributed by atoms with Crippen LogP contribution < -0.4 is 0 Å². The monoisotopic (exact) mass is 296 g/mol. The number of hydrogen-bond donors (Lipinski definition) is 1. The average Bonchev–Trinajstić information content (AvgIpc) is 3.18. The molecule has 4 rings (SSSR count). The zero-order chi connectivity index (χ0) is 14.3. The van der Waals surface area contributed by atoms with Crippen LogP contribution in [0.4, 0.5) is 0 Å². The first-order valence-electron chi connectivity index (χ1n) is 7.98. The van der Waals surface area contributed by atoms with Crippen LogP contribution in [0.1, 0.15) is 54.7 Å². The molecular weight excluding hydrogens is 276 g/mol. The molecule has 3 heteroatoms. The molecule has 2 aromatic rings. The van der Waals surface area contributed by atoms with E-state index in [0.29, 0.717) is 0 Å². The maximum Gasteiger partial charge on any atom is 0.133 e. The van der Waals surface area contributed by atoms with Gasteiger partial charge in [0.15, 0.2) is 0 Å². The van der Waals surface area contributed by atoms with Crippen LogP contribution in [0.25, 0.3) is 0 Å². The van der Waals surface area contributed by atoms with Crippen LogP contribution in [-0.4, -0.2) is 9.97 Å². The van der Waals surface area contributed by atoms with Crippen molar-refractivity contribution in [2.45, 2.75) is 50.4 Å². The fourth-order valence-corrected chi connectivity index (χ4v) is 4.40.